The number of nitrogens with zero attached hydrogens (tertiary/aromatic N) is 1. The molecule has 0 aliphatic heterocycles. The number of ether oxygens (including phenoxy) is 2. The molecule has 0 fully saturated rings. The van der Waals surface area contributed by atoms with Gasteiger partial charge in [0.25, 0.3) is 0 Å². The van der Waals surface area contributed by atoms with E-state index in [2.05, 4.69) is 5.16 Å². The van der Waals surface area contributed by atoms with E-state index in [4.69, 9.17) is 14.0 Å². The molecule has 0 aliphatic carbocycles. The van der Waals surface area contributed by atoms with Crippen LogP contribution in [0, 0.1) is 6.92 Å². The highest BCUT2D eigenvalue weighted by molar-refractivity contribution is 5.66. The number of aryl methyl sites for hydroxylation is 2. The fourth-order valence-corrected chi connectivity index (χ4v) is 1.87. The Bertz CT molecular complexity index is 452. The zero-order valence-corrected chi connectivity index (χ0v) is 12.2. The van der Waals surface area contributed by atoms with Crippen molar-refractivity contribution in [2.24, 2.45) is 0 Å². The highest BCUT2D eigenvalue weighted by atomic mass is 16.5. The Kier molecular flexibility index (Phi) is 6.76. The maximum Gasteiger partial charge on any atom is 0.302 e. The molecule has 0 bridgehead atoms. The average molecular weight is 283 g/mol. The molecule has 0 aliphatic rings. The molecule has 0 amide bonds. The standard InChI is InChI=1S/C14H21NO5/c1-10-13(6-4-8-18-11(2)16)14(20-15-10)7-5-9-19-12(3)17/h4-9H2,1-3H3. The molecule has 112 valence electrons. The molecule has 0 radical (unpaired) electrons. The van der Waals surface area contributed by atoms with E-state index in [1.807, 2.05) is 6.92 Å². The van der Waals surface area contributed by atoms with Gasteiger partial charge in [0, 0.05) is 25.8 Å². The number of hydrogen-bond donors (Lipinski definition) is 0. The number of aromatic nitrogens is 1. The molecule has 1 aromatic rings. The molecular weight excluding hydrogens is 262 g/mol. The first-order chi connectivity index (χ1) is 9.50. The number of carbonyl (C=O) groups is 2. The number of carbonyl (C=O) groups excluding carboxylic acids is 2. The van der Waals surface area contributed by atoms with Crippen molar-refractivity contribution in [3.63, 3.8) is 0 Å². The summed E-state index contributed by atoms with van der Waals surface area (Å²) in [5.74, 6) is 0.270. The fraction of sp³-hybridized carbons (Fsp3) is 0.643. The highest BCUT2D eigenvalue weighted by Gasteiger charge is 2.12. The molecule has 1 heterocycles. The second-order valence-corrected chi connectivity index (χ2v) is 4.56. The van der Waals surface area contributed by atoms with E-state index in [1.165, 1.54) is 13.8 Å². The molecule has 0 N–H and O–H groups in total. The first kappa shape index (κ1) is 16.2. The van der Waals surface area contributed by atoms with Crippen LogP contribution in [0.5, 0.6) is 0 Å². The molecule has 0 unspecified atom stereocenters. The van der Waals surface area contributed by atoms with E-state index in [1.54, 1.807) is 0 Å². The smallest absolute Gasteiger partial charge is 0.302 e. The Morgan fingerprint density at radius 1 is 1.05 bits per heavy atom. The van der Waals surface area contributed by atoms with Crippen molar-refractivity contribution in [2.75, 3.05) is 13.2 Å². The van der Waals surface area contributed by atoms with Crippen LogP contribution in [0.1, 0.15) is 43.7 Å². The van der Waals surface area contributed by atoms with Gasteiger partial charge in [0.15, 0.2) is 0 Å². The lowest BCUT2D eigenvalue weighted by Gasteiger charge is -2.04. The van der Waals surface area contributed by atoms with Crippen LogP contribution in [-0.4, -0.2) is 30.3 Å². The van der Waals surface area contributed by atoms with Crippen LogP contribution in [0.3, 0.4) is 0 Å². The summed E-state index contributed by atoms with van der Waals surface area (Å²) in [6.45, 7) is 5.44. The Labute approximate surface area is 118 Å². The number of esters is 2. The summed E-state index contributed by atoms with van der Waals surface area (Å²) in [4.78, 5) is 21.3. The van der Waals surface area contributed by atoms with Gasteiger partial charge in [-0.05, 0) is 26.2 Å². The summed E-state index contributed by atoms with van der Waals surface area (Å²) in [6, 6.07) is 0. The van der Waals surface area contributed by atoms with Crippen molar-refractivity contribution in [2.45, 2.75) is 46.5 Å². The Morgan fingerprint density at radius 2 is 1.60 bits per heavy atom. The fourth-order valence-electron chi connectivity index (χ4n) is 1.87. The van der Waals surface area contributed by atoms with Crippen LogP contribution >= 0.6 is 0 Å². The third-order valence-electron chi connectivity index (χ3n) is 2.80. The summed E-state index contributed by atoms with van der Waals surface area (Å²) >= 11 is 0. The van der Waals surface area contributed by atoms with Gasteiger partial charge in [-0.15, -0.1) is 0 Å². The monoisotopic (exact) mass is 283 g/mol. The van der Waals surface area contributed by atoms with Gasteiger partial charge in [0.2, 0.25) is 0 Å². The predicted molar refractivity (Wildman–Crippen MR) is 71.1 cm³/mol. The van der Waals surface area contributed by atoms with Crippen LogP contribution in [0.15, 0.2) is 4.52 Å². The third-order valence-corrected chi connectivity index (χ3v) is 2.80. The molecule has 0 saturated carbocycles. The van der Waals surface area contributed by atoms with E-state index < -0.39 is 0 Å². The zero-order valence-electron chi connectivity index (χ0n) is 12.2. The van der Waals surface area contributed by atoms with E-state index in [0.717, 1.165) is 29.9 Å². The van der Waals surface area contributed by atoms with Crippen molar-refractivity contribution in [1.29, 1.82) is 0 Å². The van der Waals surface area contributed by atoms with Gasteiger partial charge in [-0.2, -0.15) is 0 Å². The van der Waals surface area contributed by atoms with Crippen molar-refractivity contribution in [3.8, 4) is 0 Å². The Hall–Kier alpha value is -1.85. The van der Waals surface area contributed by atoms with Gasteiger partial charge in [0.05, 0.1) is 18.9 Å². The third kappa shape index (κ3) is 5.86. The van der Waals surface area contributed by atoms with Crippen LogP contribution in [0.2, 0.25) is 0 Å². The van der Waals surface area contributed by atoms with E-state index in [9.17, 15) is 9.59 Å². The lowest BCUT2D eigenvalue weighted by atomic mass is 10.1. The van der Waals surface area contributed by atoms with Gasteiger partial charge in [-0.25, -0.2) is 0 Å². The maximum atomic E-state index is 10.7. The minimum Gasteiger partial charge on any atom is -0.466 e. The quantitative estimate of drug-likeness (QED) is 0.536. The van der Waals surface area contributed by atoms with Gasteiger partial charge < -0.3 is 14.0 Å². The van der Waals surface area contributed by atoms with E-state index in [0.29, 0.717) is 26.1 Å². The SMILES string of the molecule is CC(=O)OCCCc1onc(C)c1CCCOC(C)=O. The molecule has 0 spiro atoms. The van der Waals surface area contributed by atoms with Crippen LogP contribution in [-0.2, 0) is 31.9 Å². The van der Waals surface area contributed by atoms with Crippen molar-refractivity contribution < 1.29 is 23.6 Å². The molecule has 0 atom stereocenters. The van der Waals surface area contributed by atoms with Gasteiger partial charge in [0.1, 0.15) is 5.76 Å². The lowest BCUT2D eigenvalue weighted by molar-refractivity contribution is -0.142. The molecule has 20 heavy (non-hydrogen) atoms. The Morgan fingerprint density at radius 3 is 2.15 bits per heavy atom. The second-order valence-electron chi connectivity index (χ2n) is 4.56. The van der Waals surface area contributed by atoms with E-state index >= 15 is 0 Å². The first-order valence-corrected chi connectivity index (χ1v) is 6.71. The summed E-state index contributed by atoms with van der Waals surface area (Å²) in [5.41, 5.74) is 1.91. The summed E-state index contributed by atoms with van der Waals surface area (Å²) in [6.07, 6.45) is 2.87. The summed E-state index contributed by atoms with van der Waals surface area (Å²) in [7, 11) is 0. The first-order valence-electron chi connectivity index (χ1n) is 6.71. The summed E-state index contributed by atoms with van der Waals surface area (Å²) in [5, 5.41) is 3.95. The highest BCUT2D eigenvalue weighted by Crippen LogP contribution is 2.17. The normalized spacial score (nSPS) is 10.3. The average Bonchev–Trinajstić information content (AvgIpc) is 2.71. The zero-order chi connectivity index (χ0) is 15.0. The van der Waals surface area contributed by atoms with Crippen LogP contribution < -0.4 is 0 Å². The minimum absolute atomic E-state index is 0.270. The van der Waals surface area contributed by atoms with Crippen molar-refractivity contribution >= 4 is 11.9 Å². The van der Waals surface area contributed by atoms with Crippen LogP contribution in [0.4, 0.5) is 0 Å². The molecule has 1 rings (SSSR count). The lowest BCUT2D eigenvalue weighted by Crippen LogP contribution is -2.04. The van der Waals surface area contributed by atoms with Gasteiger partial charge in [-0.3, -0.25) is 9.59 Å². The van der Waals surface area contributed by atoms with Crippen molar-refractivity contribution in [1.82, 2.24) is 5.16 Å². The number of rotatable bonds is 8. The van der Waals surface area contributed by atoms with Crippen LogP contribution in [0.25, 0.3) is 0 Å². The molecule has 6 nitrogen and oxygen atoms in total. The van der Waals surface area contributed by atoms with Crippen molar-refractivity contribution in [3.05, 3.63) is 17.0 Å². The number of hydrogen-bond acceptors (Lipinski definition) is 6. The van der Waals surface area contributed by atoms with E-state index in [-0.39, 0.29) is 11.9 Å². The predicted octanol–water partition coefficient (Wildman–Crippen LogP) is 1.97. The molecule has 6 heteroatoms. The van der Waals surface area contributed by atoms with Gasteiger partial charge in [-0.1, -0.05) is 5.16 Å². The maximum absolute atomic E-state index is 10.7. The molecule has 1 aromatic heterocycles. The molecule has 0 aromatic carbocycles. The Balaban J connectivity index is 2.39. The molecular formula is C14H21NO5. The minimum atomic E-state index is -0.277. The summed E-state index contributed by atoms with van der Waals surface area (Å²) < 4.78 is 15.1. The van der Waals surface area contributed by atoms with Gasteiger partial charge >= 0.3 is 11.9 Å². The molecule has 0 saturated heterocycles. The topological polar surface area (TPSA) is 78.6 Å². The second kappa shape index (κ2) is 8.35. The largest absolute Gasteiger partial charge is 0.466 e.